The summed E-state index contributed by atoms with van der Waals surface area (Å²) in [4.78, 5) is 15.9. The molecule has 0 aliphatic heterocycles. The summed E-state index contributed by atoms with van der Waals surface area (Å²) in [6, 6.07) is 24.7. The fraction of sp³-hybridized carbons (Fsp3) is 0.156. The van der Waals surface area contributed by atoms with Crippen LogP contribution in [0.5, 0.6) is 11.5 Å². The summed E-state index contributed by atoms with van der Waals surface area (Å²) in [7, 11) is 0. The van der Waals surface area contributed by atoms with Gasteiger partial charge in [-0.2, -0.15) is 13.2 Å². The molecule has 4 nitrogen and oxygen atoms in total. The lowest BCUT2D eigenvalue weighted by molar-refractivity contribution is -0.139. The van der Waals surface area contributed by atoms with E-state index in [9.17, 15) is 27.5 Å². The number of halogens is 4. The van der Waals surface area contributed by atoms with E-state index in [1.54, 1.807) is 24.3 Å². The molecule has 0 aliphatic rings. The Hall–Kier alpha value is -4.59. The number of ether oxygens (including phenoxy) is 1. The van der Waals surface area contributed by atoms with E-state index in [4.69, 9.17) is 4.74 Å². The van der Waals surface area contributed by atoms with Crippen LogP contribution in [0.25, 0.3) is 22.0 Å². The molecule has 0 aliphatic carbocycles. The third-order valence-electron chi connectivity index (χ3n) is 6.88. The number of aliphatic carboxylic acids is 1. The number of alkyl halides is 3. The number of hydrogen-bond acceptors (Lipinski definition) is 2. The van der Waals surface area contributed by atoms with E-state index in [1.807, 2.05) is 37.3 Å². The average Bonchev–Trinajstić information content (AvgIpc) is 3.35. The first kappa shape index (κ1) is 27.0. The highest BCUT2D eigenvalue weighted by atomic mass is 19.4. The topological polar surface area (TPSA) is 62.3 Å². The van der Waals surface area contributed by atoms with Gasteiger partial charge in [0, 0.05) is 17.3 Å². The second-order valence-corrected chi connectivity index (χ2v) is 9.76. The van der Waals surface area contributed by atoms with E-state index in [2.05, 4.69) is 4.98 Å². The molecule has 8 heteroatoms. The third kappa shape index (κ3) is 6.01. The van der Waals surface area contributed by atoms with Crippen LogP contribution in [0, 0.1) is 5.82 Å². The molecule has 204 valence electrons. The van der Waals surface area contributed by atoms with E-state index in [1.165, 1.54) is 30.3 Å². The minimum atomic E-state index is -4.49. The van der Waals surface area contributed by atoms with Crippen LogP contribution in [0.1, 0.15) is 42.0 Å². The number of carboxylic acids is 1. The minimum absolute atomic E-state index is 0.157. The molecular formula is C32H25F4NO3. The Bertz CT molecular complexity index is 1620. The molecule has 1 aromatic heterocycles. The van der Waals surface area contributed by atoms with E-state index in [0.717, 1.165) is 28.7 Å². The molecule has 2 unspecified atom stereocenters. The van der Waals surface area contributed by atoms with Crippen LogP contribution >= 0.6 is 0 Å². The molecule has 40 heavy (non-hydrogen) atoms. The van der Waals surface area contributed by atoms with Crippen molar-refractivity contribution in [2.24, 2.45) is 0 Å². The van der Waals surface area contributed by atoms with Crippen LogP contribution in [-0.2, 0) is 11.0 Å². The predicted molar refractivity (Wildman–Crippen MR) is 145 cm³/mol. The van der Waals surface area contributed by atoms with Gasteiger partial charge in [-0.15, -0.1) is 0 Å². The number of aromatic nitrogens is 1. The van der Waals surface area contributed by atoms with E-state index < -0.39 is 29.4 Å². The first-order chi connectivity index (χ1) is 19.1. The quantitative estimate of drug-likeness (QED) is 0.190. The zero-order valence-electron chi connectivity index (χ0n) is 21.4. The van der Waals surface area contributed by atoms with Crippen LogP contribution < -0.4 is 4.74 Å². The Kier molecular flexibility index (Phi) is 7.34. The van der Waals surface area contributed by atoms with Gasteiger partial charge < -0.3 is 14.8 Å². The number of para-hydroxylation sites is 1. The number of rotatable bonds is 8. The van der Waals surface area contributed by atoms with Crippen molar-refractivity contribution in [3.63, 3.8) is 0 Å². The summed E-state index contributed by atoms with van der Waals surface area (Å²) in [6.45, 7) is 1.94. The Balaban J connectivity index is 1.53. The molecule has 4 aromatic carbocycles. The van der Waals surface area contributed by atoms with Crippen molar-refractivity contribution in [1.82, 2.24) is 4.98 Å². The van der Waals surface area contributed by atoms with Crippen LogP contribution in [0.2, 0.25) is 0 Å². The van der Waals surface area contributed by atoms with Crippen LogP contribution in [0.3, 0.4) is 0 Å². The molecule has 0 fully saturated rings. The summed E-state index contributed by atoms with van der Waals surface area (Å²) >= 11 is 0. The molecule has 0 saturated carbocycles. The van der Waals surface area contributed by atoms with Gasteiger partial charge in [0.1, 0.15) is 17.3 Å². The van der Waals surface area contributed by atoms with Gasteiger partial charge in [-0.25, -0.2) is 4.39 Å². The molecule has 2 atom stereocenters. The maximum Gasteiger partial charge on any atom is 0.416 e. The van der Waals surface area contributed by atoms with Crippen LogP contribution in [0.4, 0.5) is 17.6 Å². The van der Waals surface area contributed by atoms with Gasteiger partial charge in [0.2, 0.25) is 0 Å². The van der Waals surface area contributed by atoms with Crippen molar-refractivity contribution in [3.8, 4) is 22.6 Å². The molecule has 0 saturated heterocycles. The number of carboxylic acid groups (broad SMARTS) is 1. The summed E-state index contributed by atoms with van der Waals surface area (Å²) in [5.74, 6) is -2.23. The highest BCUT2D eigenvalue weighted by Gasteiger charge is 2.30. The first-order valence-corrected chi connectivity index (χ1v) is 12.6. The number of nitrogens with one attached hydrogen (secondary N) is 1. The molecule has 0 radical (unpaired) electrons. The molecule has 5 rings (SSSR count). The van der Waals surface area contributed by atoms with Crippen molar-refractivity contribution in [1.29, 1.82) is 0 Å². The summed E-state index contributed by atoms with van der Waals surface area (Å²) in [5, 5.41) is 11.3. The van der Waals surface area contributed by atoms with Gasteiger partial charge in [0.05, 0.1) is 11.5 Å². The minimum Gasteiger partial charge on any atom is -0.481 e. The summed E-state index contributed by atoms with van der Waals surface area (Å²) in [5.41, 5.74) is 2.39. The van der Waals surface area contributed by atoms with E-state index >= 15 is 0 Å². The van der Waals surface area contributed by atoms with Gasteiger partial charge in [-0.1, -0.05) is 49.4 Å². The predicted octanol–water partition coefficient (Wildman–Crippen LogP) is 9.15. The largest absolute Gasteiger partial charge is 0.481 e. The summed E-state index contributed by atoms with van der Waals surface area (Å²) in [6.07, 6.45) is -4.24. The standard InChI is InChI=1S/C32H25F4NO3/c1-19(30-17-21-5-2-3-8-29(21)37-30)13-28(31(38)39)23-14-22(20-9-11-24(12-10-20)32(34,35)36)15-27(16-23)40-26-7-4-6-25(33)18-26/h2-12,14-19,28,37H,13H2,1H3,(H,38,39). The third-order valence-corrected chi connectivity index (χ3v) is 6.88. The van der Waals surface area contributed by atoms with Gasteiger partial charge in [-0.05, 0) is 82.9 Å². The normalized spacial score (nSPS) is 13.2. The zero-order chi connectivity index (χ0) is 28.4. The van der Waals surface area contributed by atoms with Crippen molar-refractivity contribution >= 4 is 16.9 Å². The Morgan fingerprint density at radius 1 is 0.875 bits per heavy atom. The number of fused-ring (bicyclic) bond motifs is 1. The van der Waals surface area contributed by atoms with Crippen LogP contribution in [-0.4, -0.2) is 16.1 Å². The summed E-state index contributed by atoms with van der Waals surface area (Å²) < 4.78 is 59.1. The number of carbonyl (C=O) groups is 1. The maximum atomic E-state index is 13.8. The second kappa shape index (κ2) is 10.9. The fourth-order valence-electron chi connectivity index (χ4n) is 4.79. The second-order valence-electron chi connectivity index (χ2n) is 9.76. The Morgan fingerprint density at radius 3 is 2.30 bits per heavy atom. The van der Waals surface area contributed by atoms with Crippen LogP contribution in [0.15, 0.2) is 97.1 Å². The highest BCUT2D eigenvalue weighted by Crippen LogP contribution is 2.38. The molecule has 0 spiro atoms. The molecule has 2 N–H and O–H groups in total. The van der Waals surface area contributed by atoms with E-state index in [0.29, 0.717) is 16.7 Å². The van der Waals surface area contributed by atoms with Crippen molar-refractivity contribution in [2.45, 2.75) is 31.4 Å². The first-order valence-electron chi connectivity index (χ1n) is 12.6. The Labute approximate surface area is 227 Å². The molecule has 1 heterocycles. The monoisotopic (exact) mass is 547 g/mol. The van der Waals surface area contributed by atoms with E-state index in [-0.39, 0.29) is 23.8 Å². The lowest BCUT2D eigenvalue weighted by Gasteiger charge is -2.20. The van der Waals surface area contributed by atoms with Gasteiger partial charge in [0.15, 0.2) is 0 Å². The highest BCUT2D eigenvalue weighted by molar-refractivity contribution is 5.81. The number of hydrogen-bond donors (Lipinski definition) is 2. The lowest BCUT2D eigenvalue weighted by Crippen LogP contribution is -2.15. The number of benzene rings is 4. The molecule has 0 amide bonds. The fourth-order valence-corrected chi connectivity index (χ4v) is 4.79. The zero-order valence-corrected chi connectivity index (χ0v) is 21.4. The van der Waals surface area contributed by atoms with Gasteiger partial charge in [0.25, 0.3) is 0 Å². The lowest BCUT2D eigenvalue weighted by atomic mass is 9.86. The number of H-pyrrole nitrogens is 1. The van der Waals surface area contributed by atoms with Gasteiger partial charge in [-0.3, -0.25) is 4.79 Å². The SMILES string of the molecule is CC(CC(C(=O)O)c1cc(Oc2cccc(F)c2)cc(-c2ccc(C(F)(F)F)cc2)c1)c1cc2ccccc2[nH]1. The van der Waals surface area contributed by atoms with Crippen molar-refractivity contribution in [2.75, 3.05) is 0 Å². The average molecular weight is 548 g/mol. The van der Waals surface area contributed by atoms with Crippen molar-refractivity contribution < 1.29 is 32.2 Å². The molecule has 0 bridgehead atoms. The maximum absolute atomic E-state index is 13.8. The van der Waals surface area contributed by atoms with Crippen molar-refractivity contribution in [3.05, 3.63) is 120 Å². The molecular weight excluding hydrogens is 522 g/mol. The number of aromatic amines is 1. The van der Waals surface area contributed by atoms with Gasteiger partial charge >= 0.3 is 12.1 Å². The smallest absolute Gasteiger partial charge is 0.416 e. The Morgan fingerprint density at radius 2 is 1.62 bits per heavy atom. The molecule has 5 aromatic rings.